The van der Waals surface area contributed by atoms with Gasteiger partial charge in [0.25, 0.3) is 0 Å². The highest BCUT2D eigenvalue weighted by Crippen LogP contribution is 2.31. The zero-order chi connectivity index (χ0) is 14.3. The summed E-state index contributed by atoms with van der Waals surface area (Å²) in [5.74, 6) is 0.951. The van der Waals surface area contributed by atoms with Crippen LogP contribution in [0.2, 0.25) is 0 Å². The van der Waals surface area contributed by atoms with Crippen molar-refractivity contribution in [2.45, 2.75) is 46.6 Å². The van der Waals surface area contributed by atoms with Crippen LogP contribution in [0.25, 0.3) is 0 Å². The predicted octanol–water partition coefficient (Wildman–Crippen LogP) is 1.48. The van der Waals surface area contributed by atoms with Gasteiger partial charge in [0.05, 0.1) is 6.54 Å². The van der Waals surface area contributed by atoms with Crippen molar-refractivity contribution < 1.29 is 9.32 Å². The molecule has 0 saturated heterocycles. The molecule has 0 radical (unpaired) electrons. The largest absolute Gasteiger partial charge is 0.349 e. The third-order valence-corrected chi connectivity index (χ3v) is 3.31. The average Bonchev–Trinajstić information content (AvgIpc) is 2.83. The molecule has 1 unspecified atom stereocenters. The van der Waals surface area contributed by atoms with E-state index in [2.05, 4.69) is 40.8 Å². The van der Waals surface area contributed by atoms with E-state index in [0.717, 1.165) is 12.8 Å². The molecular formula is C13H24N4O2. The Hall–Kier alpha value is -1.43. The van der Waals surface area contributed by atoms with E-state index >= 15 is 0 Å². The Kier molecular flexibility index (Phi) is 5.95. The van der Waals surface area contributed by atoms with Gasteiger partial charge in [-0.1, -0.05) is 25.9 Å². The van der Waals surface area contributed by atoms with E-state index < -0.39 is 0 Å². The first kappa shape index (κ1) is 15.6. The van der Waals surface area contributed by atoms with Crippen molar-refractivity contribution in [2.75, 3.05) is 6.54 Å². The molecule has 0 aromatic carbocycles. The molecule has 108 valence electrons. The minimum absolute atomic E-state index is 0.0103. The normalized spacial score (nSPS) is 13.3. The van der Waals surface area contributed by atoms with Crippen molar-refractivity contribution in [1.82, 2.24) is 15.5 Å². The van der Waals surface area contributed by atoms with Crippen LogP contribution in [-0.4, -0.2) is 22.6 Å². The number of hydrogen-bond donors (Lipinski definition) is 2. The zero-order valence-corrected chi connectivity index (χ0v) is 12.0. The SMILES string of the molecule is CC(C)(C)C(CCN)CCC(=O)NCc1ncon1. The summed E-state index contributed by atoms with van der Waals surface area (Å²) in [6.07, 6.45) is 3.54. The molecule has 0 bridgehead atoms. The van der Waals surface area contributed by atoms with Crippen molar-refractivity contribution in [1.29, 1.82) is 0 Å². The van der Waals surface area contributed by atoms with Crippen molar-refractivity contribution in [2.24, 2.45) is 17.1 Å². The number of nitrogens with one attached hydrogen (secondary N) is 1. The molecule has 0 aliphatic heterocycles. The number of aromatic nitrogens is 2. The van der Waals surface area contributed by atoms with Crippen LogP contribution in [-0.2, 0) is 11.3 Å². The van der Waals surface area contributed by atoms with Crippen LogP contribution < -0.4 is 11.1 Å². The van der Waals surface area contributed by atoms with Crippen LogP contribution in [0.1, 0.15) is 45.9 Å². The second kappa shape index (κ2) is 7.23. The summed E-state index contributed by atoms with van der Waals surface area (Å²) in [6, 6.07) is 0. The summed E-state index contributed by atoms with van der Waals surface area (Å²) in [5.41, 5.74) is 5.80. The van der Waals surface area contributed by atoms with Crippen LogP contribution >= 0.6 is 0 Å². The first-order chi connectivity index (χ1) is 8.93. The number of nitrogens with zero attached hydrogens (tertiary/aromatic N) is 2. The topological polar surface area (TPSA) is 94.0 Å². The van der Waals surface area contributed by atoms with E-state index in [1.165, 1.54) is 6.39 Å². The first-order valence-corrected chi connectivity index (χ1v) is 6.65. The molecule has 1 atom stereocenters. The highest BCUT2D eigenvalue weighted by atomic mass is 16.5. The summed E-state index contributed by atoms with van der Waals surface area (Å²) in [7, 11) is 0. The Morgan fingerprint density at radius 1 is 1.47 bits per heavy atom. The fourth-order valence-corrected chi connectivity index (χ4v) is 2.05. The number of nitrogens with two attached hydrogens (primary N) is 1. The first-order valence-electron chi connectivity index (χ1n) is 6.65. The van der Waals surface area contributed by atoms with Crippen LogP contribution in [0.4, 0.5) is 0 Å². The van der Waals surface area contributed by atoms with Crippen LogP contribution in [0.5, 0.6) is 0 Å². The summed E-state index contributed by atoms with van der Waals surface area (Å²) in [4.78, 5) is 15.6. The van der Waals surface area contributed by atoms with Gasteiger partial charge in [-0.05, 0) is 30.7 Å². The standard InChI is InChI=1S/C13H24N4O2/c1-13(2,3)10(6-7-14)4-5-12(18)15-8-11-16-9-19-17-11/h9-10H,4-8,14H2,1-3H3,(H,15,18). The maximum atomic E-state index is 11.7. The number of carbonyl (C=O) groups excluding carboxylic acids is 1. The quantitative estimate of drug-likeness (QED) is 0.781. The highest BCUT2D eigenvalue weighted by molar-refractivity contribution is 5.75. The third-order valence-electron chi connectivity index (χ3n) is 3.31. The van der Waals surface area contributed by atoms with E-state index in [4.69, 9.17) is 5.73 Å². The Morgan fingerprint density at radius 2 is 2.21 bits per heavy atom. The van der Waals surface area contributed by atoms with Crippen molar-refractivity contribution in [3.05, 3.63) is 12.2 Å². The monoisotopic (exact) mass is 268 g/mol. The molecule has 1 aromatic rings. The van der Waals surface area contributed by atoms with Gasteiger partial charge in [0.2, 0.25) is 12.3 Å². The molecule has 0 spiro atoms. The van der Waals surface area contributed by atoms with Gasteiger partial charge >= 0.3 is 0 Å². The van der Waals surface area contributed by atoms with Crippen LogP contribution in [0.3, 0.4) is 0 Å². The Labute approximate surface area is 114 Å². The molecule has 1 heterocycles. The molecule has 0 aliphatic carbocycles. The Balaban J connectivity index is 2.31. The van der Waals surface area contributed by atoms with Gasteiger partial charge in [-0.15, -0.1) is 0 Å². The minimum atomic E-state index is 0.0103. The second-order valence-corrected chi connectivity index (χ2v) is 5.80. The average molecular weight is 268 g/mol. The Morgan fingerprint density at radius 3 is 2.74 bits per heavy atom. The van der Waals surface area contributed by atoms with E-state index in [0.29, 0.717) is 31.3 Å². The highest BCUT2D eigenvalue weighted by Gasteiger charge is 2.24. The van der Waals surface area contributed by atoms with Gasteiger partial charge in [-0.3, -0.25) is 4.79 Å². The predicted molar refractivity (Wildman–Crippen MR) is 72.0 cm³/mol. The van der Waals surface area contributed by atoms with Crippen molar-refractivity contribution in [3.63, 3.8) is 0 Å². The number of rotatable bonds is 7. The van der Waals surface area contributed by atoms with Gasteiger partial charge in [0.15, 0.2) is 5.82 Å². The minimum Gasteiger partial charge on any atom is -0.349 e. The molecular weight excluding hydrogens is 244 g/mol. The fourth-order valence-electron chi connectivity index (χ4n) is 2.05. The van der Waals surface area contributed by atoms with Crippen molar-refractivity contribution in [3.8, 4) is 0 Å². The molecule has 1 aromatic heterocycles. The fraction of sp³-hybridized carbons (Fsp3) is 0.769. The molecule has 0 aliphatic rings. The molecule has 0 saturated carbocycles. The summed E-state index contributed by atoms with van der Waals surface area (Å²) in [6.45, 7) is 7.53. The molecule has 6 nitrogen and oxygen atoms in total. The number of hydrogen-bond acceptors (Lipinski definition) is 5. The third kappa shape index (κ3) is 5.83. The molecule has 3 N–H and O–H groups in total. The smallest absolute Gasteiger partial charge is 0.220 e. The van der Waals surface area contributed by atoms with Gasteiger partial charge in [0, 0.05) is 6.42 Å². The second-order valence-electron chi connectivity index (χ2n) is 5.80. The lowest BCUT2D eigenvalue weighted by molar-refractivity contribution is -0.121. The lowest BCUT2D eigenvalue weighted by Crippen LogP contribution is -2.27. The van der Waals surface area contributed by atoms with E-state index in [1.807, 2.05) is 0 Å². The Bertz CT molecular complexity index is 370. The van der Waals surface area contributed by atoms with Gasteiger partial charge < -0.3 is 15.6 Å². The molecule has 1 rings (SSSR count). The maximum Gasteiger partial charge on any atom is 0.220 e. The van der Waals surface area contributed by atoms with E-state index in [1.54, 1.807) is 0 Å². The lowest BCUT2D eigenvalue weighted by Gasteiger charge is -2.30. The summed E-state index contributed by atoms with van der Waals surface area (Å²) >= 11 is 0. The molecule has 0 fully saturated rings. The summed E-state index contributed by atoms with van der Waals surface area (Å²) < 4.78 is 4.60. The van der Waals surface area contributed by atoms with Crippen molar-refractivity contribution >= 4 is 5.91 Å². The molecule has 6 heteroatoms. The number of carbonyl (C=O) groups is 1. The van der Waals surface area contributed by atoms with Gasteiger partial charge in [-0.25, -0.2) is 0 Å². The molecule has 19 heavy (non-hydrogen) atoms. The van der Waals surface area contributed by atoms with Gasteiger partial charge in [0.1, 0.15) is 0 Å². The maximum absolute atomic E-state index is 11.7. The summed E-state index contributed by atoms with van der Waals surface area (Å²) in [5, 5.41) is 6.41. The van der Waals surface area contributed by atoms with Gasteiger partial charge in [-0.2, -0.15) is 4.98 Å². The van der Waals surface area contributed by atoms with Crippen LogP contribution in [0, 0.1) is 11.3 Å². The lowest BCUT2D eigenvalue weighted by atomic mass is 9.76. The number of amides is 1. The van der Waals surface area contributed by atoms with Crippen LogP contribution in [0.15, 0.2) is 10.9 Å². The van der Waals surface area contributed by atoms with E-state index in [9.17, 15) is 4.79 Å². The molecule has 1 amide bonds. The van der Waals surface area contributed by atoms with E-state index in [-0.39, 0.29) is 11.3 Å². The zero-order valence-electron chi connectivity index (χ0n) is 12.0.